The molecule has 1 aromatic rings. The lowest BCUT2D eigenvalue weighted by molar-refractivity contribution is 0.0527. The topological polar surface area (TPSA) is 93.2 Å². The lowest BCUT2D eigenvalue weighted by atomic mass is 10.2. The molecular weight excluding hydrogens is 511 g/mol. The van der Waals surface area contributed by atoms with Crippen molar-refractivity contribution in [3.63, 3.8) is 0 Å². The van der Waals surface area contributed by atoms with E-state index < -0.39 is 11.7 Å². The highest BCUT2D eigenvalue weighted by Crippen LogP contribution is 2.11. The third-order valence-corrected chi connectivity index (χ3v) is 3.86. The molecule has 0 aliphatic heterocycles. The highest BCUT2D eigenvalue weighted by molar-refractivity contribution is 14.0. The first-order valence-corrected chi connectivity index (χ1v) is 10.5. The van der Waals surface area contributed by atoms with E-state index >= 15 is 0 Å². The maximum Gasteiger partial charge on any atom is 0.407 e. The molecule has 0 saturated carbocycles. The number of carbonyl (C=O) groups is 1. The van der Waals surface area contributed by atoms with Crippen molar-refractivity contribution in [2.75, 3.05) is 40.0 Å². The summed E-state index contributed by atoms with van der Waals surface area (Å²) in [5.74, 6) is 1.56. The zero-order chi connectivity index (χ0) is 22.2. The van der Waals surface area contributed by atoms with Crippen molar-refractivity contribution in [2.24, 2.45) is 4.99 Å². The Hall–Kier alpha value is -1.75. The van der Waals surface area contributed by atoms with E-state index in [2.05, 4.69) is 20.9 Å². The quantitative estimate of drug-likeness (QED) is 0.159. The Balaban J connectivity index is 0.00000900. The molecule has 1 rings (SSSR count). The summed E-state index contributed by atoms with van der Waals surface area (Å²) >= 11 is 0. The number of hydrogen-bond donors (Lipinski definition) is 3. The Morgan fingerprint density at radius 3 is 2.19 bits per heavy atom. The number of nitrogens with zero attached hydrogens (tertiary/aromatic N) is 1. The van der Waals surface area contributed by atoms with Gasteiger partial charge in [-0.05, 0) is 58.2 Å². The number of benzene rings is 1. The summed E-state index contributed by atoms with van der Waals surface area (Å²) < 4.78 is 15.8. The summed E-state index contributed by atoms with van der Waals surface area (Å²) in [7, 11) is 1.65. The van der Waals surface area contributed by atoms with Crippen molar-refractivity contribution in [1.82, 2.24) is 16.0 Å². The molecule has 0 unspecified atom stereocenters. The number of aliphatic imine (C=N–C) groups is 1. The molecule has 1 aromatic carbocycles. The molecule has 0 aromatic heterocycles. The molecule has 0 heterocycles. The van der Waals surface area contributed by atoms with Crippen LogP contribution in [0.4, 0.5) is 4.79 Å². The van der Waals surface area contributed by atoms with Crippen LogP contribution in [0.25, 0.3) is 0 Å². The average molecular weight is 550 g/mol. The van der Waals surface area contributed by atoms with Crippen LogP contribution in [0.1, 0.15) is 46.1 Å². The van der Waals surface area contributed by atoms with Crippen LogP contribution in [0, 0.1) is 0 Å². The number of methoxy groups -OCH3 is 1. The summed E-state index contributed by atoms with van der Waals surface area (Å²) in [5, 5.41) is 9.39. The molecule has 3 N–H and O–H groups in total. The minimum Gasteiger partial charge on any atom is -0.497 e. The van der Waals surface area contributed by atoms with Crippen molar-refractivity contribution in [3.05, 3.63) is 29.8 Å². The van der Waals surface area contributed by atoms with Gasteiger partial charge < -0.3 is 30.2 Å². The number of nitrogens with one attached hydrogen (secondary N) is 3. The number of ether oxygens (including phenoxy) is 3. The maximum absolute atomic E-state index is 11.7. The number of carbonyl (C=O) groups excluding carboxylic acids is 1. The second kappa shape index (κ2) is 16.9. The average Bonchev–Trinajstić information content (AvgIpc) is 2.70. The molecule has 0 spiro atoms. The molecule has 0 bridgehead atoms. The van der Waals surface area contributed by atoms with E-state index in [1.807, 2.05) is 52.0 Å². The van der Waals surface area contributed by atoms with Crippen LogP contribution < -0.4 is 20.7 Å². The van der Waals surface area contributed by atoms with Gasteiger partial charge in [-0.2, -0.15) is 0 Å². The van der Waals surface area contributed by atoms with Crippen molar-refractivity contribution >= 4 is 36.0 Å². The smallest absolute Gasteiger partial charge is 0.407 e. The van der Waals surface area contributed by atoms with E-state index in [4.69, 9.17) is 14.2 Å². The Kier molecular flexibility index (Phi) is 15.9. The predicted molar refractivity (Wildman–Crippen MR) is 136 cm³/mol. The fraction of sp³-hybridized carbons (Fsp3) is 0.636. The first-order valence-electron chi connectivity index (χ1n) is 10.5. The summed E-state index contributed by atoms with van der Waals surface area (Å²) in [5.41, 5.74) is 0.604. The second-order valence-corrected chi connectivity index (χ2v) is 7.70. The standard InChI is InChI=1S/C22H38N4O4.HI/c1-6-29-16-8-15-24-20(26-17-18-9-11-19(28-5)12-10-18)23-13-7-14-25-21(27)30-22(2,3)4;/h9-12H,6-8,13-17H2,1-5H3,(H,25,27)(H2,23,24,26);1H. The minimum atomic E-state index is -0.491. The monoisotopic (exact) mass is 550 g/mol. The van der Waals surface area contributed by atoms with Gasteiger partial charge in [-0.25, -0.2) is 9.79 Å². The lowest BCUT2D eigenvalue weighted by Crippen LogP contribution is -2.40. The van der Waals surface area contributed by atoms with Crippen LogP contribution in [-0.4, -0.2) is 57.6 Å². The molecule has 0 aliphatic carbocycles. The first-order chi connectivity index (χ1) is 14.3. The van der Waals surface area contributed by atoms with E-state index in [0.29, 0.717) is 19.6 Å². The van der Waals surface area contributed by atoms with Crippen molar-refractivity contribution < 1.29 is 19.0 Å². The van der Waals surface area contributed by atoms with Gasteiger partial charge in [0, 0.05) is 32.8 Å². The number of amides is 1. The predicted octanol–water partition coefficient (Wildman–Crippen LogP) is 3.69. The highest BCUT2D eigenvalue weighted by Gasteiger charge is 2.15. The molecule has 0 atom stereocenters. The maximum atomic E-state index is 11.7. The van der Waals surface area contributed by atoms with Crippen molar-refractivity contribution in [3.8, 4) is 5.75 Å². The fourth-order valence-corrected chi connectivity index (χ4v) is 2.40. The van der Waals surface area contributed by atoms with Gasteiger partial charge in [0.25, 0.3) is 0 Å². The fourth-order valence-electron chi connectivity index (χ4n) is 2.40. The number of halogens is 1. The van der Waals surface area contributed by atoms with Crippen LogP contribution in [0.3, 0.4) is 0 Å². The molecule has 9 heteroatoms. The normalized spacial score (nSPS) is 11.3. The molecule has 0 radical (unpaired) electrons. The molecule has 0 saturated heterocycles. The molecule has 1 amide bonds. The Bertz CT molecular complexity index is 633. The summed E-state index contributed by atoms with van der Waals surface area (Å²) in [4.78, 5) is 16.3. The molecule has 0 fully saturated rings. The Morgan fingerprint density at radius 2 is 1.61 bits per heavy atom. The molecule has 178 valence electrons. The van der Waals surface area contributed by atoms with Crippen LogP contribution in [0.15, 0.2) is 29.3 Å². The molecule has 0 aliphatic rings. The molecule has 31 heavy (non-hydrogen) atoms. The van der Waals surface area contributed by atoms with Crippen LogP contribution in [0.2, 0.25) is 0 Å². The lowest BCUT2D eigenvalue weighted by Gasteiger charge is -2.19. The Labute approximate surface area is 203 Å². The van der Waals surface area contributed by atoms with E-state index in [1.54, 1.807) is 7.11 Å². The number of rotatable bonds is 12. The Morgan fingerprint density at radius 1 is 1.00 bits per heavy atom. The molecular formula is C22H39IN4O4. The summed E-state index contributed by atoms with van der Waals surface area (Å²) in [6.07, 6.45) is 1.25. The zero-order valence-corrected chi connectivity index (χ0v) is 21.8. The second-order valence-electron chi connectivity index (χ2n) is 7.70. The van der Waals surface area contributed by atoms with Crippen molar-refractivity contribution in [1.29, 1.82) is 0 Å². The van der Waals surface area contributed by atoms with Crippen LogP contribution in [-0.2, 0) is 16.0 Å². The summed E-state index contributed by atoms with van der Waals surface area (Å²) in [6, 6.07) is 7.85. The van der Waals surface area contributed by atoms with Gasteiger partial charge in [0.15, 0.2) is 5.96 Å². The van der Waals surface area contributed by atoms with Gasteiger partial charge in [0.1, 0.15) is 11.4 Å². The largest absolute Gasteiger partial charge is 0.497 e. The van der Waals surface area contributed by atoms with Gasteiger partial charge in [0.2, 0.25) is 0 Å². The van der Waals surface area contributed by atoms with E-state index in [0.717, 1.165) is 49.9 Å². The van der Waals surface area contributed by atoms with Gasteiger partial charge >= 0.3 is 6.09 Å². The van der Waals surface area contributed by atoms with E-state index in [9.17, 15) is 4.79 Å². The number of guanidine groups is 1. The number of hydrogen-bond acceptors (Lipinski definition) is 5. The van der Waals surface area contributed by atoms with Gasteiger partial charge in [-0.15, -0.1) is 24.0 Å². The number of alkyl carbamates (subject to hydrolysis) is 1. The third kappa shape index (κ3) is 15.7. The third-order valence-electron chi connectivity index (χ3n) is 3.86. The van der Waals surface area contributed by atoms with Crippen LogP contribution in [0.5, 0.6) is 5.75 Å². The van der Waals surface area contributed by atoms with E-state index in [-0.39, 0.29) is 24.0 Å². The summed E-state index contributed by atoms with van der Waals surface area (Å²) in [6.45, 7) is 11.5. The zero-order valence-electron chi connectivity index (χ0n) is 19.5. The van der Waals surface area contributed by atoms with Gasteiger partial charge in [-0.1, -0.05) is 12.1 Å². The molecule has 8 nitrogen and oxygen atoms in total. The van der Waals surface area contributed by atoms with E-state index in [1.165, 1.54) is 0 Å². The van der Waals surface area contributed by atoms with Gasteiger partial charge in [0.05, 0.1) is 13.7 Å². The SMILES string of the molecule is CCOCCCNC(=NCc1ccc(OC)cc1)NCCCNC(=O)OC(C)(C)C.I. The first kappa shape index (κ1) is 29.2. The van der Waals surface area contributed by atoms with Crippen molar-refractivity contribution in [2.45, 2.75) is 52.7 Å². The minimum absolute atomic E-state index is 0. The van der Waals surface area contributed by atoms with Crippen LogP contribution >= 0.6 is 24.0 Å². The van der Waals surface area contributed by atoms with Gasteiger partial charge in [-0.3, -0.25) is 0 Å². The highest BCUT2D eigenvalue weighted by atomic mass is 127.